The average Bonchev–Trinajstić information content (AvgIpc) is 3.04. The van der Waals surface area contributed by atoms with Gasteiger partial charge >= 0.3 is 12.0 Å². The lowest BCUT2D eigenvalue weighted by Gasteiger charge is -2.38. The first kappa shape index (κ1) is 15.1. The smallest absolute Gasteiger partial charge is 0.329 e. The van der Waals surface area contributed by atoms with E-state index in [0.717, 1.165) is 19.4 Å². The topological polar surface area (TPSA) is 69.6 Å². The zero-order valence-electron chi connectivity index (χ0n) is 12.7. The van der Waals surface area contributed by atoms with Crippen molar-refractivity contribution in [3.05, 3.63) is 0 Å². The predicted molar refractivity (Wildman–Crippen MR) is 76.4 cm³/mol. The highest BCUT2D eigenvalue weighted by molar-refractivity contribution is 5.86. The monoisotopic (exact) mass is 282 g/mol. The van der Waals surface area contributed by atoms with Gasteiger partial charge in [-0.25, -0.2) is 9.59 Å². The molecule has 114 valence electrons. The first-order valence-corrected chi connectivity index (χ1v) is 7.61. The van der Waals surface area contributed by atoms with Gasteiger partial charge in [0.05, 0.1) is 0 Å². The summed E-state index contributed by atoms with van der Waals surface area (Å²) in [6.45, 7) is 4.95. The third-order valence-electron chi connectivity index (χ3n) is 4.88. The van der Waals surface area contributed by atoms with E-state index in [1.165, 1.54) is 6.42 Å². The SMILES string of the molecule is CC1CCCC(NC(=O)N(C)CC2CC2C)(C(=O)O)C1. The number of carbonyl (C=O) groups excluding carboxylic acids is 1. The molecular weight excluding hydrogens is 256 g/mol. The molecule has 0 bridgehead atoms. The molecule has 2 N–H and O–H groups in total. The molecule has 0 heterocycles. The Morgan fingerprint density at radius 2 is 2.05 bits per heavy atom. The molecule has 2 aliphatic rings. The van der Waals surface area contributed by atoms with E-state index in [0.29, 0.717) is 30.6 Å². The van der Waals surface area contributed by atoms with Crippen molar-refractivity contribution in [3.63, 3.8) is 0 Å². The minimum absolute atomic E-state index is 0.249. The van der Waals surface area contributed by atoms with E-state index in [4.69, 9.17) is 0 Å². The molecule has 0 aromatic heterocycles. The Kier molecular flexibility index (Phi) is 4.25. The highest BCUT2D eigenvalue weighted by atomic mass is 16.4. The van der Waals surface area contributed by atoms with Gasteiger partial charge in [-0.3, -0.25) is 0 Å². The molecule has 2 aliphatic carbocycles. The molecule has 2 saturated carbocycles. The number of carboxylic acid groups (broad SMARTS) is 1. The van der Waals surface area contributed by atoms with Crippen LogP contribution in [0.5, 0.6) is 0 Å². The number of nitrogens with zero attached hydrogens (tertiary/aromatic N) is 1. The summed E-state index contributed by atoms with van der Waals surface area (Å²) in [6.07, 6.45) is 4.13. The first-order valence-electron chi connectivity index (χ1n) is 7.61. The molecule has 2 fully saturated rings. The lowest BCUT2D eigenvalue weighted by atomic mass is 9.76. The van der Waals surface area contributed by atoms with E-state index in [1.807, 2.05) is 0 Å². The van der Waals surface area contributed by atoms with Crippen LogP contribution in [-0.2, 0) is 4.79 Å². The van der Waals surface area contributed by atoms with Crippen molar-refractivity contribution >= 4 is 12.0 Å². The van der Waals surface area contributed by atoms with Gasteiger partial charge in [0.25, 0.3) is 0 Å². The van der Waals surface area contributed by atoms with Gasteiger partial charge in [0.2, 0.25) is 0 Å². The van der Waals surface area contributed by atoms with Crippen LogP contribution < -0.4 is 5.32 Å². The molecule has 0 saturated heterocycles. The molecule has 2 rings (SSSR count). The number of hydrogen-bond donors (Lipinski definition) is 2. The Balaban J connectivity index is 1.96. The number of hydrogen-bond acceptors (Lipinski definition) is 2. The normalized spacial score (nSPS) is 36.2. The summed E-state index contributed by atoms with van der Waals surface area (Å²) in [4.78, 5) is 25.5. The van der Waals surface area contributed by atoms with Crippen LogP contribution in [0.1, 0.15) is 46.0 Å². The molecular formula is C15H26N2O3. The fourth-order valence-corrected chi connectivity index (χ4v) is 3.30. The maximum absolute atomic E-state index is 12.2. The summed E-state index contributed by atoms with van der Waals surface area (Å²) in [5.41, 5.74) is -1.07. The maximum Gasteiger partial charge on any atom is 0.329 e. The van der Waals surface area contributed by atoms with Crippen LogP contribution in [0.25, 0.3) is 0 Å². The number of nitrogens with one attached hydrogen (secondary N) is 1. The summed E-state index contributed by atoms with van der Waals surface area (Å²) in [6, 6.07) is -0.249. The van der Waals surface area contributed by atoms with Crippen LogP contribution in [0, 0.1) is 17.8 Å². The molecule has 5 heteroatoms. The van der Waals surface area contributed by atoms with Gasteiger partial charge in [0.1, 0.15) is 5.54 Å². The number of rotatable bonds is 4. The van der Waals surface area contributed by atoms with Crippen molar-refractivity contribution < 1.29 is 14.7 Å². The Hall–Kier alpha value is -1.26. The summed E-state index contributed by atoms with van der Waals surface area (Å²) in [7, 11) is 1.75. The second-order valence-corrected chi connectivity index (χ2v) is 6.87. The van der Waals surface area contributed by atoms with E-state index in [1.54, 1.807) is 11.9 Å². The molecule has 5 nitrogen and oxygen atoms in total. The van der Waals surface area contributed by atoms with Crippen LogP contribution in [0.4, 0.5) is 4.79 Å². The van der Waals surface area contributed by atoms with E-state index in [9.17, 15) is 14.7 Å². The zero-order chi connectivity index (χ0) is 14.9. The minimum Gasteiger partial charge on any atom is -0.480 e. The molecule has 20 heavy (non-hydrogen) atoms. The van der Waals surface area contributed by atoms with Crippen LogP contribution >= 0.6 is 0 Å². The maximum atomic E-state index is 12.2. The van der Waals surface area contributed by atoms with Crippen molar-refractivity contribution in [1.82, 2.24) is 10.2 Å². The lowest BCUT2D eigenvalue weighted by Crippen LogP contribution is -2.59. The largest absolute Gasteiger partial charge is 0.480 e. The summed E-state index contributed by atoms with van der Waals surface area (Å²) in [5, 5.41) is 12.3. The molecule has 0 aliphatic heterocycles. The molecule has 0 aromatic carbocycles. The molecule has 0 radical (unpaired) electrons. The van der Waals surface area contributed by atoms with E-state index < -0.39 is 11.5 Å². The van der Waals surface area contributed by atoms with Crippen LogP contribution in [0.2, 0.25) is 0 Å². The standard InChI is InChI=1S/C15H26N2O3/c1-10-5-4-6-15(8-10,13(18)19)16-14(20)17(3)9-12-7-11(12)2/h10-12H,4-9H2,1-3H3,(H,16,20)(H,18,19). The second kappa shape index (κ2) is 5.62. The Labute approximate surface area is 120 Å². The van der Waals surface area contributed by atoms with E-state index in [-0.39, 0.29) is 6.03 Å². The predicted octanol–water partition coefficient (Wildman–Crippen LogP) is 2.32. The highest BCUT2D eigenvalue weighted by Crippen LogP contribution is 2.38. The quantitative estimate of drug-likeness (QED) is 0.831. The summed E-state index contributed by atoms with van der Waals surface area (Å²) >= 11 is 0. The molecule has 4 atom stereocenters. The van der Waals surface area contributed by atoms with Gasteiger partial charge in [-0.2, -0.15) is 0 Å². The fourth-order valence-electron chi connectivity index (χ4n) is 3.30. The Morgan fingerprint density at radius 3 is 2.55 bits per heavy atom. The average molecular weight is 282 g/mol. The Morgan fingerprint density at radius 1 is 1.40 bits per heavy atom. The number of aliphatic carboxylic acids is 1. The number of urea groups is 1. The zero-order valence-corrected chi connectivity index (χ0v) is 12.7. The Bertz CT molecular complexity index is 399. The van der Waals surface area contributed by atoms with Crippen molar-refractivity contribution in [3.8, 4) is 0 Å². The van der Waals surface area contributed by atoms with Crippen molar-refractivity contribution in [1.29, 1.82) is 0 Å². The summed E-state index contributed by atoms with van der Waals surface area (Å²) in [5.74, 6) is 0.713. The molecule has 0 aromatic rings. The van der Waals surface area contributed by atoms with Crippen LogP contribution in [-0.4, -0.2) is 41.1 Å². The van der Waals surface area contributed by atoms with Gasteiger partial charge in [-0.1, -0.05) is 26.7 Å². The van der Waals surface area contributed by atoms with Gasteiger partial charge in [-0.05, 0) is 37.0 Å². The van der Waals surface area contributed by atoms with Gasteiger partial charge in [-0.15, -0.1) is 0 Å². The van der Waals surface area contributed by atoms with Gasteiger partial charge in [0.15, 0.2) is 0 Å². The van der Waals surface area contributed by atoms with Crippen molar-refractivity contribution in [2.45, 2.75) is 51.5 Å². The summed E-state index contributed by atoms with van der Waals surface area (Å²) < 4.78 is 0. The van der Waals surface area contributed by atoms with E-state index in [2.05, 4.69) is 19.2 Å². The van der Waals surface area contributed by atoms with Gasteiger partial charge in [0, 0.05) is 13.6 Å². The minimum atomic E-state index is -1.07. The van der Waals surface area contributed by atoms with Crippen LogP contribution in [0.3, 0.4) is 0 Å². The number of carbonyl (C=O) groups is 2. The third kappa shape index (κ3) is 3.25. The number of carboxylic acids is 1. The lowest BCUT2D eigenvalue weighted by molar-refractivity contribution is -0.146. The second-order valence-electron chi connectivity index (χ2n) is 6.87. The number of amides is 2. The van der Waals surface area contributed by atoms with Gasteiger partial charge < -0.3 is 15.3 Å². The molecule has 0 spiro atoms. The van der Waals surface area contributed by atoms with E-state index >= 15 is 0 Å². The highest BCUT2D eigenvalue weighted by Gasteiger charge is 2.44. The fraction of sp³-hybridized carbons (Fsp3) is 0.867. The third-order valence-corrected chi connectivity index (χ3v) is 4.88. The van der Waals surface area contributed by atoms with Crippen molar-refractivity contribution in [2.24, 2.45) is 17.8 Å². The van der Waals surface area contributed by atoms with Crippen LogP contribution in [0.15, 0.2) is 0 Å². The van der Waals surface area contributed by atoms with Crippen molar-refractivity contribution in [2.75, 3.05) is 13.6 Å². The molecule has 2 amide bonds. The molecule has 4 unspecified atom stereocenters. The first-order chi connectivity index (χ1) is 9.34.